The monoisotopic (exact) mass is 255 g/mol. The molecule has 0 aliphatic carbocycles. The molecule has 1 aliphatic rings. The van der Waals surface area contributed by atoms with Gasteiger partial charge >= 0.3 is 0 Å². The van der Waals surface area contributed by atoms with E-state index in [0.29, 0.717) is 6.04 Å². The first-order valence-corrected chi connectivity index (χ1v) is 7.02. The fourth-order valence-corrected chi connectivity index (χ4v) is 2.96. The number of benzene rings is 1. The van der Waals surface area contributed by atoms with Gasteiger partial charge in [0.1, 0.15) is 0 Å². The van der Waals surface area contributed by atoms with Crippen LogP contribution in [-0.2, 0) is 0 Å². The predicted molar refractivity (Wildman–Crippen MR) is 78.2 cm³/mol. The molecule has 0 amide bonds. The third-order valence-corrected chi connectivity index (χ3v) is 4.43. The van der Waals surface area contributed by atoms with Crippen molar-refractivity contribution in [2.75, 3.05) is 6.54 Å². The molecule has 1 aromatic heterocycles. The van der Waals surface area contributed by atoms with Gasteiger partial charge in [0, 0.05) is 11.6 Å². The molecule has 0 radical (unpaired) electrons. The lowest BCUT2D eigenvalue weighted by molar-refractivity contribution is 0.626. The van der Waals surface area contributed by atoms with Crippen LogP contribution in [-0.4, -0.2) is 16.7 Å². The SMILES string of the molecule is Cc1ccc(-c2cn[nH]c2C2CCCN2)c(C)c1C. The summed E-state index contributed by atoms with van der Waals surface area (Å²) in [7, 11) is 0. The van der Waals surface area contributed by atoms with Crippen LogP contribution in [0.2, 0.25) is 0 Å². The number of nitrogens with one attached hydrogen (secondary N) is 2. The number of H-pyrrole nitrogens is 1. The van der Waals surface area contributed by atoms with Gasteiger partial charge in [-0.25, -0.2) is 0 Å². The van der Waals surface area contributed by atoms with Crippen molar-refractivity contribution in [1.82, 2.24) is 15.5 Å². The lowest BCUT2D eigenvalue weighted by atomic mass is 9.93. The Morgan fingerprint density at radius 3 is 2.68 bits per heavy atom. The van der Waals surface area contributed by atoms with Crippen LogP contribution in [0.4, 0.5) is 0 Å². The summed E-state index contributed by atoms with van der Waals surface area (Å²) < 4.78 is 0. The standard InChI is InChI=1S/C16H21N3/c1-10-6-7-13(12(3)11(10)2)14-9-18-19-16(14)15-5-4-8-17-15/h6-7,9,15,17H,4-5,8H2,1-3H3,(H,18,19). The van der Waals surface area contributed by atoms with Crippen LogP contribution in [0, 0.1) is 20.8 Å². The molecule has 0 spiro atoms. The van der Waals surface area contributed by atoms with E-state index in [4.69, 9.17) is 0 Å². The molecule has 0 saturated carbocycles. The molecule has 2 N–H and O–H groups in total. The van der Waals surface area contributed by atoms with E-state index in [1.165, 1.54) is 46.4 Å². The second-order valence-corrected chi connectivity index (χ2v) is 5.53. The predicted octanol–water partition coefficient (Wildman–Crippen LogP) is 3.43. The Morgan fingerprint density at radius 2 is 1.95 bits per heavy atom. The van der Waals surface area contributed by atoms with Gasteiger partial charge in [0.25, 0.3) is 0 Å². The zero-order chi connectivity index (χ0) is 13.4. The molecule has 0 bridgehead atoms. The fourth-order valence-electron chi connectivity index (χ4n) is 2.96. The fraction of sp³-hybridized carbons (Fsp3) is 0.438. The highest BCUT2D eigenvalue weighted by Crippen LogP contribution is 2.34. The van der Waals surface area contributed by atoms with E-state index < -0.39 is 0 Å². The Kier molecular flexibility index (Phi) is 3.15. The zero-order valence-corrected chi connectivity index (χ0v) is 11.9. The van der Waals surface area contributed by atoms with E-state index in [1.807, 2.05) is 6.20 Å². The van der Waals surface area contributed by atoms with Gasteiger partial charge in [-0.3, -0.25) is 5.10 Å². The lowest BCUT2D eigenvalue weighted by Gasteiger charge is -2.14. The molecular formula is C16H21N3. The first-order chi connectivity index (χ1) is 9.18. The van der Waals surface area contributed by atoms with Crippen molar-refractivity contribution in [1.29, 1.82) is 0 Å². The first-order valence-electron chi connectivity index (χ1n) is 7.02. The van der Waals surface area contributed by atoms with Gasteiger partial charge in [-0.2, -0.15) is 5.10 Å². The minimum Gasteiger partial charge on any atom is -0.309 e. The molecule has 3 nitrogen and oxygen atoms in total. The Hall–Kier alpha value is -1.61. The van der Waals surface area contributed by atoms with Crippen molar-refractivity contribution >= 4 is 0 Å². The maximum Gasteiger partial charge on any atom is 0.0600 e. The van der Waals surface area contributed by atoms with E-state index in [0.717, 1.165) is 6.54 Å². The van der Waals surface area contributed by atoms with Crippen molar-refractivity contribution < 1.29 is 0 Å². The molecule has 2 heterocycles. The van der Waals surface area contributed by atoms with E-state index in [9.17, 15) is 0 Å². The van der Waals surface area contributed by atoms with Gasteiger partial charge in [0.05, 0.1) is 11.9 Å². The molecule has 1 saturated heterocycles. The molecular weight excluding hydrogens is 234 g/mol. The summed E-state index contributed by atoms with van der Waals surface area (Å²) >= 11 is 0. The average molecular weight is 255 g/mol. The van der Waals surface area contributed by atoms with E-state index in [2.05, 4.69) is 48.4 Å². The van der Waals surface area contributed by atoms with Crippen LogP contribution in [0.1, 0.15) is 41.3 Å². The van der Waals surface area contributed by atoms with Crippen LogP contribution in [0.3, 0.4) is 0 Å². The summed E-state index contributed by atoms with van der Waals surface area (Å²) in [5.74, 6) is 0. The topological polar surface area (TPSA) is 40.7 Å². The summed E-state index contributed by atoms with van der Waals surface area (Å²) in [5.41, 5.74) is 7.89. The second kappa shape index (κ2) is 4.82. The van der Waals surface area contributed by atoms with Crippen molar-refractivity contribution in [2.24, 2.45) is 0 Å². The maximum absolute atomic E-state index is 4.27. The van der Waals surface area contributed by atoms with Gasteiger partial charge in [-0.15, -0.1) is 0 Å². The Labute approximate surface area is 114 Å². The summed E-state index contributed by atoms with van der Waals surface area (Å²) in [5, 5.41) is 11.0. The highest BCUT2D eigenvalue weighted by atomic mass is 15.1. The van der Waals surface area contributed by atoms with Gasteiger partial charge < -0.3 is 5.32 Å². The molecule has 19 heavy (non-hydrogen) atoms. The number of aryl methyl sites for hydroxylation is 1. The van der Waals surface area contributed by atoms with Crippen LogP contribution in [0.15, 0.2) is 18.3 Å². The minimum atomic E-state index is 0.429. The Bertz CT molecular complexity index is 592. The van der Waals surface area contributed by atoms with Crippen molar-refractivity contribution in [3.05, 3.63) is 40.7 Å². The molecule has 1 aromatic carbocycles. The maximum atomic E-state index is 4.27. The van der Waals surface area contributed by atoms with Gasteiger partial charge in [-0.1, -0.05) is 12.1 Å². The molecule has 1 unspecified atom stereocenters. The molecule has 1 atom stereocenters. The highest BCUT2D eigenvalue weighted by molar-refractivity contribution is 5.71. The van der Waals surface area contributed by atoms with E-state index in [1.54, 1.807) is 0 Å². The van der Waals surface area contributed by atoms with Crippen LogP contribution < -0.4 is 5.32 Å². The summed E-state index contributed by atoms with van der Waals surface area (Å²) in [4.78, 5) is 0. The number of hydrogen-bond acceptors (Lipinski definition) is 2. The van der Waals surface area contributed by atoms with Crippen molar-refractivity contribution in [3.63, 3.8) is 0 Å². The molecule has 3 rings (SSSR count). The minimum absolute atomic E-state index is 0.429. The lowest BCUT2D eigenvalue weighted by Crippen LogP contribution is -2.14. The number of nitrogens with zero attached hydrogens (tertiary/aromatic N) is 1. The summed E-state index contributed by atoms with van der Waals surface area (Å²) in [6.45, 7) is 7.67. The van der Waals surface area contributed by atoms with Gasteiger partial charge in [0.15, 0.2) is 0 Å². The smallest absolute Gasteiger partial charge is 0.0600 e. The zero-order valence-electron chi connectivity index (χ0n) is 11.9. The quantitative estimate of drug-likeness (QED) is 0.863. The Balaban J connectivity index is 2.08. The van der Waals surface area contributed by atoms with Gasteiger partial charge in [-0.05, 0) is 62.4 Å². The molecule has 1 aliphatic heterocycles. The van der Waals surface area contributed by atoms with E-state index in [-0.39, 0.29) is 0 Å². The highest BCUT2D eigenvalue weighted by Gasteiger charge is 2.22. The van der Waals surface area contributed by atoms with Crippen LogP contribution >= 0.6 is 0 Å². The number of aromatic amines is 1. The van der Waals surface area contributed by atoms with Gasteiger partial charge in [0.2, 0.25) is 0 Å². The summed E-state index contributed by atoms with van der Waals surface area (Å²) in [6.07, 6.45) is 4.40. The number of hydrogen-bond donors (Lipinski definition) is 2. The first kappa shape index (κ1) is 12.4. The number of rotatable bonds is 2. The average Bonchev–Trinajstić information content (AvgIpc) is 3.05. The summed E-state index contributed by atoms with van der Waals surface area (Å²) in [6, 6.07) is 4.86. The molecule has 2 aromatic rings. The van der Waals surface area contributed by atoms with Crippen molar-refractivity contribution in [2.45, 2.75) is 39.7 Å². The largest absolute Gasteiger partial charge is 0.309 e. The normalized spacial score (nSPS) is 19.0. The second-order valence-electron chi connectivity index (χ2n) is 5.53. The third kappa shape index (κ3) is 2.08. The van der Waals surface area contributed by atoms with E-state index >= 15 is 0 Å². The molecule has 1 fully saturated rings. The number of aromatic nitrogens is 2. The molecule has 3 heteroatoms. The third-order valence-electron chi connectivity index (χ3n) is 4.43. The van der Waals surface area contributed by atoms with Crippen LogP contribution in [0.5, 0.6) is 0 Å². The Morgan fingerprint density at radius 1 is 1.11 bits per heavy atom. The van der Waals surface area contributed by atoms with Crippen LogP contribution in [0.25, 0.3) is 11.1 Å². The molecule has 100 valence electrons. The van der Waals surface area contributed by atoms with Crippen molar-refractivity contribution in [3.8, 4) is 11.1 Å².